The number of hydrogen-bond donors (Lipinski definition) is 2. The molecule has 0 saturated heterocycles. The highest BCUT2D eigenvalue weighted by Crippen LogP contribution is 2.27. The summed E-state index contributed by atoms with van der Waals surface area (Å²) in [7, 11) is 0. The van der Waals surface area contributed by atoms with Crippen molar-refractivity contribution in [3.05, 3.63) is 53.7 Å². The average Bonchev–Trinajstić information content (AvgIpc) is 2.78. The van der Waals surface area contributed by atoms with Crippen molar-refractivity contribution in [2.24, 2.45) is 0 Å². The van der Waals surface area contributed by atoms with E-state index in [9.17, 15) is 4.79 Å². The lowest BCUT2D eigenvalue weighted by Gasteiger charge is -2.11. The zero-order chi connectivity index (χ0) is 14.0. The van der Waals surface area contributed by atoms with Crippen LogP contribution in [-0.4, -0.2) is 10.8 Å². The van der Waals surface area contributed by atoms with Gasteiger partial charge in [-0.15, -0.1) is 0 Å². The summed E-state index contributed by atoms with van der Waals surface area (Å²) in [5, 5.41) is 0. The van der Waals surface area contributed by atoms with E-state index in [1.165, 1.54) is 6.92 Å². The molecule has 0 unspecified atom stereocenters. The second-order valence-electron chi connectivity index (χ2n) is 4.37. The van der Waals surface area contributed by atoms with E-state index < -0.39 is 0 Å². The Balaban J connectivity index is 2.28. The number of aryl methyl sites for hydroxylation is 1. The first-order chi connectivity index (χ1) is 8.99. The van der Waals surface area contributed by atoms with Crippen molar-refractivity contribution in [3.8, 4) is 5.75 Å². The van der Waals surface area contributed by atoms with Gasteiger partial charge in [0, 0.05) is 11.8 Å². The van der Waals surface area contributed by atoms with Crippen LogP contribution in [0.15, 0.2) is 37.0 Å². The number of hydrogen-bond acceptors (Lipinski definition) is 3. The molecule has 0 spiro atoms. The van der Waals surface area contributed by atoms with E-state index in [0.29, 0.717) is 28.5 Å². The van der Waals surface area contributed by atoms with Crippen LogP contribution >= 0.6 is 0 Å². The molecule has 0 atom stereocenters. The van der Waals surface area contributed by atoms with E-state index in [-0.39, 0.29) is 5.78 Å². The van der Waals surface area contributed by atoms with Gasteiger partial charge in [-0.2, -0.15) is 0 Å². The Kier molecular flexibility index (Phi) is 3.42. The standard InChI is InChI=1S/C15H16N2O2/c1-9-4-5-12(10(2)18)8-14(9)19-11(3)13-6-7-17-15(13)16/h4-8,17H,3,16H2,1-2H3. The molecular weight excluding hydrogens is 240 g/mol. The number of carbonyl (C=O) groups excluding carboxylic acids is 1. The van der Waals surface area contributed by atoms with Crippen molar-refractivity contribution in [1.29, 1.82) is 0 Å². The van der Waals surface area contributed by atoms with Gasteiger partial charge in [0.25, 0.3) is 0 Å². The molecule has 19 heavy (non-hydrogen) atoms. The fourth-order valence-electron chi connectivity index (χ4n) is 1.74. The first-order valence-corrected chi connectivity index (χ1v) is 5.90. The molecule has 0 aliphatic carbocycles. The maximum atomic E-state index is 11.4. The quantitative estimate of drug-likeness (QED) is 0.652. The van der Waals surface area contributed by atoms with Gasteiger partial charge in [-0.1, -0.05) is 18.7 Å². The Morgan fingerprint density at radius 1 is 1.37 bits per heavy atom. The van der Waals surface area contributed by atoms with Crippen LogP contribution in [0.5, 0.6) is 5.75 Å². The van der Waals surface area contributed by atoms with Crippen LogP contribution in [-0.2, 0) is 0 Å². The van der Waals surface area contributed by atoms with Gasteiger partial charge in [-0.25, -0.2) is 0 Å². The minimum atomic E-state index is -0.00313. The number of H-pyrrole nitrogens is 1. The molecule has 1 aromatic heterocycles. The molecule has 0 aliphatic rings. The number of rotatable bonds is 4. The molecule has 0 bridgehead atoms. The number of ether oxygens (including phenoxy) is 1. The van der Waals surface area contributed by atoms with Crippen molar-refractivity contribution in [2.45, 2.75) is 13.8 Å². The molecule has 3 N–H and O–H groups in total. The fourth-order valence-corrected chi connectivity index (χ4v) is 1.74. The van der Waals surface area contributed by atoms with Gasteiger partial charge in [0.2, 0.25) is 0 Å². The summed E-state index contributed by atoms with van der Waals surface area (Å²) < 4.78 is 5.71. The van der Waals surface area contributed by atoms with Crippen LogP contribution in [0.4, 0.5) is 5.82 Å². The fraction of sp³-hybridized carbons (Fsp3) is 0.133. The highest BCUT2D eigenvalue weighted by Gasteiger charge is 2.10. The molecule has 1 aromatic carbocycles. The van der Waals surface area contributed by atoms with Gasteiger partial charge in [-0.05, 0) is 31.5 Å². The highest BCUT2D eigenvalue weighted by atomic mass is 16.5. The van der Waals surface area contributed by atoms with Crippen LogP contribution in [0.3, 0.4) is 0 Å². The third-order valence-corrected chi connectivity index (χ3v) is 2.91. The van der Waals surface area contributed by atoms with E-state index in [1.54, 1.807) is 24.4 Å². The summed E-state index contributed by atoms with van der Waals surface area (Å²) in [4.78, 5) is 14.2. The van der Waals surface area contributed by atoms with Crippen LogP contribution in [0.25, 0.3) is 5.76 Å². The van der Waals surface area contributed by atoms with Gasteiger partial charge in [0.1, 0.15) is 17.3 Å². The predicted octanol–water partition coefficient (Wildman–Crippen LogP) is 3.16. The molecule has 98 valence electrons. The van der Waals surface area contributed by atoms with Crippen LogP contribution in [0.1, 0.15) is 28.4 Å². The molecule has 0 amide bonds. The Morgan fingerprint density at radius 2 is 2.11 bits per heavy atom. The largest absolute Gasteiger partial charge is 0.457 e. The Hall–Kier alpha value is -2.49. The lowest BCUT2D eigenvalue weighted by atomic mass is 10.1. The average molecular weight is 256 g/mol. The Morgan fingerprint density at radius 3 is 2.68 bits per heavy atom. The Labute approximate surface area is 111 Å². The summed E-state index contributed by atoms with van der Waals surface area (Å²) in [5.41, 5.74) is 8.01. The van der Waals surface area contributed by atoms with E-state index in [1.807, 2.05) is 13.0 Å². The van der Waals surface area contributed by atoms with Gasteiger partial charge in [0.05, 0.1) is 5.56 Å². The highest BCUT2D eigenvalue weighted by molar-refractivity contribution is 5.94. The third-order valence-electron chi connectivity index (χ3n) is 2.91. The van der Waals surface area contributed by atoms with Crippen molar-refractivity contribution >= 4 is 17.4 Å². The minimum absolute atomic E-state index is 0.00313. The number of benzene rings is 1. The molecule has 0 fully saturated rings. The number of nitrogen functional groups attached to an aromatic ring is 1. The first kappa shape index (κ1) is 13.0. The zero-order valence-corrected chi connectivity index (χ0v) is 11.0. The maximum Gasteiger partial charge on any atom is 0.159 e. The van der Waals surface area contributed by atoms with E-state index >= 15 is 0 Å². The van der Waals surface area contributed by atoms with Crippen LogP contribution in [0, 0.1) is 6.92 Å². The van der Waals surface area contributed by atoms with Crippen molar-refractivity contribution in [3.63, 3.8) is 0 Å². The number of nitrogens with two attached hydrogens (primary N) is 1. The molecule has 0 aliphatic heterocycles. The normalized spacial score (nSPS) is 10.2. The molecule has 4 heteroatoms. The van der Waals surface area contributed by atoms with Crippen molar-refractivity contribution < 1.29 is 9.53 Å². The van der Waals surface area contributed by atoms with E-state index in [4.69, 9.17) is 10.5 Å². The number of nitrogens with one attached hydrogen (secondary N) is 1. The van der Waals surface area contributed by atoms with Crippen molar-refractivity contribution in [1.82, 2.24) is 4.98 Å². The van der Waals surface area contributed by atoms with E-state index in [0.717, 1.165) is 5.56 Å². The summed E-state index contributed by atoms with van der Waals surface area (Å²) in [6.07, 6.45) is 1.72. The Bertz CT molecular complexity index is 641. The van der Waals surface area contributed by atoms with Crippen LogP contribution in [0.2, 0.25) is 0 Å². The van der Waals surface area contributed by atoms with Gasteiger partial charge in [-0.3, -0.25) is 4.79 Å². The summed E-state index contributed by atoms with van der Waals surface area (Å²) in [5.74, 6) is 1.56. The number of aromatic nitrogens is 1. The molecule has 4 nitrogen and oxygen atoms in total. The lowest BCUT2D eigenvalue weighted by Crippen LogP contribution is -2.00. The smallest absolute Gasteiger partial charge is 0.159 e. The molecule has 2 rings (SSSR count). The monoisotopic (exact) mass is 256 g/mol. The lowest BCUT2D eigenvalue weighted by molar-refractivity contribution is 0.101. The maximum absolute atomic E-state index is 11.4. The molecule has 1 heterocycles. The van der Waals surface area contributed by atoms with Crippen LogP contribution < -0.4 is 10.5 Å². The molecule has 0 radical (unpaired) electrons. The SMILES string of the molecule is C=C(Oc1cc(C(C)=O)ccc1C)c1cc[nH]c1N. The van der Waals surface area contributed by atoms with Crippen molar-refractivity contribution in [2.75, 3.05) is 5.73 Å². The summed E-state index contributed by atoms with van der Waals surface area (Å²) in [6, 6.07) is 7.13. The molecule has 2 aromatic rings. The summed E-state index contributed by atoms with van der Waals surface area (Å²) >= 11 is 0. The number of Topliss-reactive ketones (excluding diaryl/α,β-unsaturated/α-hetero) is 1. The number of aromatic amines is 1. The van der Waals surface area contributed by atoms with Gasteiger partial charge >= 0.3 is 0 Å². The van der Waals surface area contributed by atoms with Gasteiger partial charge < -0.3 is 15.5 Å². The zero-order valence-electron chi connectivity index (χ0n) is 11.0. The summed E-state index contributed by atoms with van der Waals surface area (Å²) in [6.45, 7) is 7.29. The number of carbonyl (C=O) groups is 1. The number of ketones is 1. The predicted molar refractivity (Wildman–Crippen MR) is 76.1 cm³/mol. The minimum Gasteiger partial charge on any atom is -0.457 e. The second-order valence-corrected chi connectivity index (χ2v) is 4.37. The van der Waals surface area contributed by atoms with Gasteiger partial charge in [0.15, 0.2) is 5.78 Å². The second kappa shape index (κ2) is 5.02. The molecular formula is C15H16N2O2. The first-order valence-electron chi connectivity index (χ1n) is 5.90. The topological polar surface area (TPSA) is 68.1 Å². The third kappa shape index (κ3) is 2.68. The molecule has 0 saturated carbocycles. The number of anilines is 1. The van der Waals surface area contributed by atoms with E-state index in [2.05, 4.69) is 11.6 Å².